The standard InChI is InChI=1S/C14H20BrNO2/c1-3-10-18-13-6-4-12(5-7-13)11-16(2)14(17)8-9-15/h4-7H,3,8-11H2,1-2H3. The Morgan fingerprint density at radius 1 is 1.33 bits per heavy atom. The molecule has 0 unspecified atom stereocenters. The van der Waals surface area contributed by atoms with Gasteiger partial charge in [-0.25, -0.2) is 0 Å². The molecule has 0 aromatic heterocycles. The van der Waals surface area contributed by atoms with E-state index in [9.17, 15) is 4.79 Å². The van der Waals surface area contributed by atoms with Gasteiger partial charge in [-0.2, -0.15) is 0 Å². The van der Waals surface area contributed by atoms with Gasteiger partial charge in [0.1, 0.15) is 5.75 Å². The Morgan fingerprint density at radius 2 is 2.00 bits per heavy atom. The maximum Gasteiger partial charge on any atom is 0.223 e. The highest BCUT2D eigenvalue weighted by Gasteiger charge is 2.08. The molecule has 0 aliphatic carbocycles. The lowest BCUT2D eigenvalue weighted by molar-refractivity contribution is -0.129. The number of nitrogens with zero attached hydrogens (tertiary/aromatic N) is 1. The zero-order valence-corrected chi connectivity index (χ0v) is 12.6. The average molecular weight is 314 g/mol. The fourth-order valence-corrected chi connectivity index (χ4v) is 1.88. The first kappa shape index (κ1) is 15.0. The summed E-state index contributed by atoms with van der Waals surface area (Å²) in [7, 11) is 1.83. The molecule has 3 nitrogen and oxygen atoms in total. The maximum atomic E-state index is 11.6. The van der Waals surface area contributed by atoms with Crippen LogP contribution in [0, 0.1) is 0 Å². The van der Waals surface area contributed by atoms with Crippen LogP contribution in [0.25, 0.3) is 0 Å². The van der Waals surface area contributed by atoms with Crippen LogP contribution in [0.5, 0.6) is 5.75 Å². The van der Waals surface area contributed by atoms with Crippen molar-refractivity contribution in [2.75, 3.05) is 19.0 Å². The highest BCUT2D eigenvalue weighted by atomic mass is 79.9. The van der Waals surface area contributed by atoms with E-state index in [-0.39, 0.29) is 5.91 Å². The fourth-order valence-electron chi connectivity index (χ4n) is 1.54. The van der Waals surface area contributed by atoms with Gasteiger partial charge < -0.3 is 9.64 Å². The lowest BCUT2D eigenvalue weighted by atomic mass is 10.2. The number of amides is 1. The molecule has 0 heterocycles. The number of carbonyl (C=O) groups is 1. The smallest absolute Gasteiger partial charge is 0.223 e. The monoisotopic (exact) mass is 313 g/mol. The molecule has 0 radical (unpaired) electrons. The minimum atomic E-state index is 0.151. The normalized spacial score (nSPS) is 10.2. The fraction of sp³-hybridized carbons (Fsp3) is 0.500. The second-order valence-corrected chi connectivity index (χ2v) is 4.97. The summed E-state index contributed by atoms with van der Waals surface area (Å²) in [4.78, 5) is 13.4. The molecule has 0 N–H and O–H groups in total. The summed E-state index contributed by atoms with van der Waals surface area (Å²) < 4.78 is 5.51. The molecule has 1 aromatic carbocycles. The van der Waals surface area contributed by atoms with Crippen molar-refractivity contribution < 1.29 is 9.53 Å². The van der Waals surface area contributed by atoms with Gasteiger partial charge in [0, 0.05) is 25.3 Å². The minimum Gasteiger partial charge on any atom is -0.494 e. The van der Waals surface area contributed by atoms with Crippen molar-refractivity contribution in [1.82, 2.24) is 4.90 Å². The van der Waals surface area contributed by atoms with Crippen LogP contribution in [0.4, 0.5) is 0 Å². The third-order valence-electron chi connectivity index (χ3n) is 2.55. The average Bonchev–Trinajstić information content (AvgIpc) is 2.38. The Kier molecular flexibility index (Phi) is 6.80. The van der Waals surface area contributed by atoms with Gasteiger partial charge in [-0.3, -0.25) is 4.79 Å². The third kappa shape index (κ3) is 5.08. The number of benzene rings is 1. The van der Waals surface area contributed by atoms with Gasteiger partial charge in [-0.05, 0) is 24.1 Å². The summed E-state index contributed by atoms with van der Waals surface area (Å²) in [5, 5.41) is 0.708. The molecule has 100 valence electrons. The molecule has 18 heavy (non-hydrogen) atoms. The summed E-state index contributed by atoms with van der Waals surface area (Å²) >= 11 is 3.27. The third-order valence-corrected chi connectivity index (χ3v) is 2.95. The van der Waals surface area contributed by atoms with Crippen LogP contribution in [0.1, 0.15) is 25.3 Å². The van der Waals surface area contributed by atoms with Gasteiger partial charge in [0.05, 0.1) is 6.61 Å². The number of ether oxygens (including phenoxy) is 1. The van der Waals surface area contributed by atoms with E-state index in [4.69, 9.17) is 4.74 Å². The van der Waals surface area contributed by atoms with Crippen molar-refractivity contribution in [3.8, 4) is 5.75 Å². The van der Waals surface area contributed by atoms with Crippen LogP contribution in [-0.2, 0) is 11.3 Å². The van der Waals surface area contributed by atoms with E-state index in [1.165, 1.54) is 0 Å². The Balaban J connectivity index is 2.50. The Labute approximate surface area is 117 Å². The molecule has 0 aliphatic rings. The van der Waals surface area contributed by atoms with Crippen LogP contribution in [-0.4, -0.2) is 29.8 Å². The SMILES string of the molecule is CCCOc1ccc(CN(C)C(=O)CCBr)cc1. The van der Waals surface area contributed by atoms with Crippen molar-refractivity contribution in [2.45, 2.75) is 26.3 Å². The molecule has 0 saturated carbocycles. The summed E-state index contributed by atoms with van der Waals surface area (Å²) in [6, 6.07) is 7.91. The minimum absolute atomic E-state index is 0.151. The number of alkyl halides is 1. The first-order chi connectivity index (χ1) is 8.67. The Bertz CT molecular complexity index is 365. The number of carbonyl (C=O) groups excluding carboxylic acids is 1. The van der Waals surface area contributed by atoms with Crippen LogP contribution in [0.15, 0.2) is 24.3 Å². The molecule has 0 saturated heterocycles. The molecular formula is C14H20BrNO2. The topological polar surface area (TPSA) is 29.5 Å². The second kappa shape index (κ2) is 8.14. The van der Waals surface area contributed by atoms with E-state index in [0.29, 0.717) is 18.3 Å². The molecule has 4 heteroatoms. The highest BCUT2D eigenvalue weighted by Crippen LogP contribution is 2.14. The van der Waals surface area contributed by atoms with Crippen molar-refractivity contribution >= 4 is 21.8 Å². The van der Waals surface area contributed by atoms with Crippen molar-refractivity contribution in [2.24, 2.45) is 0 Å². The molecule has 1 aromatic rings. The molecule has 1 amide bonds. The Hall–Kier alpha value is -1.03. The molecule has 0 spiro atoms. The second-order valence-electron chi connectivity index (χ2n) is 4.18. The van der Waals surface area contributed by atoms with E-state index in [2.05, 4.69) is 22.9 Å². The van der Waals surface area contributed by atoms with Gasteiger partial charge in [0.15, 0.2) is 0 Å². The highest BCUT2D eigenvalue weighted by molar-refractivity contribution is 9.09. The van der Waals surface area contributed by atoms with Gasteiger partial charge in [-0.1, -0.05) is 35.0 Å². The molecular weight excluding hydrogens is 294 g/mol. The largest absolute Gasteiger partial charge is 0.494 e. The molecule has 0 atom stereocenters. The van der Waals surface area contributed by atoms with E-state index < -0.39 is 0 Å². The number of hydrogen-bond acceptors (Lipinski definition) is 2. The maximum absolute atomic E-state index is 11.6. The molecule has 0 bridgehead atoms. The van der Waals surface area contributed by atoms with Gasteiger partial charge >= 0.3 is 0 Å². The summed E-state index contributed by atoms with van der Waals surface area (Å²) in [5.41, 5.74) is 1.12. The molecule has 0 fully saturated rings. The number of rotatable bonds is 7. The molecule has 1 rings (SSSR count). The summed E-state index contributed by atoms with van der Waals surface area (Å²) in [6.07, 6.45) is 1.54. The van der Waals surface area contributed by atoms with Crippen LogP contribution >= 0.6 is 15.9 Å². The van der Waals surface area contributed by atoms with Crippen LogP contribution < -0.4 is 4.74 Å². The van der Waals surface area contributed by atoms with E-state index >= 15 is 0 Å². The first-order valence-electron chi connectivity index (χ1n) is 6.19. The lowest BCUT2D eigenvalue weighted by Gasteiger charge is -2.17. The molecule has 0 aliphatic heterocycles. The van der Waals surface area contributed by atoms with Gasteiger partial charge in [0.2, 0.25) is 5.91 Å². The van der Waals surface area contributed by atoms with E-state index in [1.807, 2.05) is 31.3 Å². The van der Waals surface area contributed by atoms with Crippen LogP contribution in [0.2, 0.25) is 0 Å². The zero-order valence-electron chi connectivity index (χ0n) is 11.0. The first-order valence-corrected chi connectivity index (χ1v) is 7.31. The van der Waals surface area contributed by atoms with Crippen molar-refractivity contribution in [1.29, 1.82) is 0 Å². The number of hydrogen-bond donors (Lipinski definition) is 0. The number of halogens is 1. The summed E-state index contributed by atoms with van der Waals surface area (Å²) in [6.45, 7) is 3.46. The van der Waals surface area contributed by atoms with E-state index in [1.54, 1.807) is 4.90 Å². The van der Waals surface area contributed by atoms with E-state index in [0.717, 1.165) is 24.3 Å². The predicted molar refractivity (Wildman–Crippen MR) is 77.1 cm³/mol. The van der Waals surface area contributed by atoms with Crippen LogP contribution in [0.3, 0.4) is 0 Å². The lowest BCUT2D eigenvalue weighted by Crippen LogP contribution is -2.26. The Morgan fingerprint density at radius 3 is 2.56 bits per heavy atom. The predicted octanol–water partition coefficient (Wildman–Crippen LogP) is 3.22. The zero-order chi connectivity index (χ0) is 13.4. The van der Waals surface area contributed by atoms with Gasteiger partial charge in [0.25, 0.3) is 0 Å². The summed E-state index contributed by atoms with van der Waals surface area (Å²) in [5.74, 6) is 1.04. The quantitative estimate of drug-likeness (QED) is 0.723. The van der Waals surface area contributed by atoms with Crippen molar-refractivity contribution in [3.63, 3.8) is 0 Å². The van der Waals surface area contributed by atoms with Crippen molar-refractivity contribution in [3.05, 3.63) is 29.8 Å². The van der Waals surface area contributed by atoms with Gasteiger partial charge in [-0.15, -0.1) is 0 Å².